The first-order valence-corrected chi connectivity index (χ1v) is 4.72. The second-order valence-corrected chi connectivity index (χ2v) is 3.27. The van der Waals surface area contributed by atoms with E-state index in [9.17, 15) is 0 Å². The van der Waals surface area contributed by atoms with Gasteiger partial charge in [0.15, 0.2) is 0 Å². The molecule has 3 heteroatoms. The lowest BCUT2D eigenvalue weighted by Crippen LogP contribution is -2.30. The zero-order chi connectivity index (χ0) is 7.94. The van der Waals surface area contributed by atoms with E-state index in [1.807, 2.05) is 0 Å². The quantitative estimate of drug-likeness (QED) is 0.688. The lowest BCUT2D eigenvalue weighted by molar-refractivity contribution is 0.0884. The standard InChI is InChI=1S/C9H19NO.ClH/c1-2-7-11-8-9-3-5-10-6-4-9;/h9-10H,2-8H2,1H3;1H. The topological polar surface area (TPSA) is 21.3 Å². The summed E-state index contributed by atoms with van der Waals surface area (Å²) in [5.41, 5.74) is 0. The summed E-state index contributed by atoms with van der Waals surface area (Å²) >= 11 is 0. The van der Waals surface area contributed by atoms with Crippen molar-refractivity contribution in [3.8, 4) is 0 Å². The number of rotatable bonds is 4. The zero-order valence-electron chi connectivity index (χ0n) is 7.84. The lowest BCUT2D eigenvalue weighted by Gasteiger charge is -2.22. The molecule has 0 unspecified atom stereocenters. The van der Waals surface area contributed by atoms with Crippen molar-refractivity contribution in [1.29, 1.82) is 0 Å². The van der Waals surface area contributed by atoms with Gasteiger partial charge in [-0.15, -0.1) is 12.4 Å². The molecule has 0 aromatic rings. The van der Waals surface area contributed by atoms with Gasteiger partial charge in [-0.3, -0.25) is 0 Å². The molecule has 12 heavy (non-hydrogen) atoms. The van der Waals surface area contributed by atoms with Gasteiger partial charge in [0.2, 0.25) is 0 Å². The molecule has 1 saturated heterocycles. The van der Waals surface area contributed by atoms with E-state index in [4.69, 9.17) is 4.74 Å². The van der Waals surface area contributed by atoms with Gasteiger partial charge < -0.3 is 10.1 Å². The van der Waals surface area contributed by atoms with E-state index in [2.05, 4.69) is 12.2 Å². The van der Waals surface area contributed by atoms with E-state index < -0.39 is 0 Å². The number of halogens is 1. The summed E-state index contributed by atoms with van der Waals surface area (Å²) in [5.74, 6) is 0.822. The Balaban J connectivity index is 0.00000121. The summed E-state index contributed by atoms with van der Waals surface area (Å²) in [6.07, 6.45) is 3.73. The fourth-order valence-corrected chi connectivity index (χ4v) is 1.44. The van der Waals surface area contributed by atoms with Crippen molar-refractivity contribution in [2.24, 2.45) is 5.92 Å². The monoisotopic (exact) mass is 193 g/mol. The molecule has 74 valence electrons. The molecule has 0 bridgehead atoms. The van der Waals surface area contributed by atoms with Crippen molar-refractivity contribution in [1.82, 2.24) is 5.32 Å². The molecule has 0 aromatic carbocycles. The van der Waals surface area contributed by atoms with E-state index in [1.165, 1.54) is 25.9 Å². The molecule has 0 atom stereocenters. The van der Waals surface area contributed by atoms with Gasteiger partial charge >= 0.3 is 0 Å². The van der Waals surface area contributed by atoms with Gasteiger partial charge in [-0.25, -0.2) is 0 Å². The van der Waals surface area contributed by atoms with Crippen molar-refractivity contribution >= 4 is 12.4 Å². The smallest absolute Gasteiger partial charge is 0.0495 e. The number of piperidine rings is 1. The Morgan fingerprint density at radius 2 is 2.00 bits per heavy atom. The van der Waals surface area contributed by atoms with Crippen LogP contribution in [0, 0.1) is 5.92 Å². The van der Waals surface area contributed by atoms with Gasteiger partial charge in [0.1, 0.15) is 0 Å². The molecular formula is C9H20ClNO. The summed E-state index contributed by atoms with van der Waals surface area (Å²) in [6.45, 7) is 6.43. The van der Waals surface area contributed by atoms with Crippen molar-refractivity contribution in [2.45, 2.75) is 26.2 Å². The molecule has 1 aliphatic rings. The van der Waals surface area contributed by atoms with E-state index in [1.54, 1.807) is 0 Å². The third-order valence-electron chi connectivity index (χ3n) is 2.16. The average molecular weight is 194 g/mol. The SMILES string of the molecule is CCCOCC1CCNCC1.Cl. The van der Waals surface area contributed by atoms with Crippen LogP contribution in [0.15, 0.2) is 0 Å². The van der Waals surface area contributed by atoms with Crippen molar-refractivity contribution < 1.29 is 4.74 Å². The molecule has 1 N–H and O–H groups in total. The van der Waals surface area contributed by atoms with Crippen molar-refractivity contribution in [2.75, 3.05) is 26.3 Å². The maximum Gasteiger partial charge on any atom is 0.0495 e. The van der Waals surface area contributed by atoms with E-state index in [-0.39, 0.29) is 12.4 Å². The lowest BCUT2D eigenvalue weighted by atomic mass is 9.99. The molecule has 1 heterocycles. The number of hydrogen-bond donors (Lipinski definition) is 1. The predicted molar refractivity (Wildman–Crippen MR) is 54.0 cm³/mol. The van der Waals surface area contributed by atoms with Crippen molar-refractivity contribution in [3.63, 3.8) is 0 Å². The first-order chi connectivity index (χ1) is 5.43. The van der Waals surface area contributed by atoms with E-state index in [0.29, 0.717) is 0 Å². The van der Waals surface area contributed by atoms with Crippen LogP contribution >= 0.6 is 12.4 Å². The Morgan fingerprint density at radius 3 is 2.58 bits per heavy atom. The summed E-state index contributed by atoms with van der Waals surface area (Å²) in [5, 5.41) is 3.35. The Labute approximate surface area is 81.5 Å². The molecule has 1 fully saturated rings. The van der Waals surface area contributed by atoms with Crippen LogP contribution < -0.4 is 5.32 Å². The fraction of sp³-hybridized carbons (Fsp3) is 1.00. The second-order valence-electron chi connectivity index (χ2n) is 3.27. The van der Waals surface area contributed by atoms with Crippen LogP contribution in [0.4, 0.5) is 0 Å². The van der Waals surface area contributed by atoms with Crippen molar-refractivity contribution in [3.05, 3.63) is 0 Å². The molecule has 0 amide bonds. The van der Waals surface area contributed by atoms with Gasteiger partial charge in [-0.2, -0.15) is 0 Å². The zero-order valence-corrected chi connectivity index (χ0v) is 8.66. The van der Waals surface area contributed by atoms with Crippen LogP contribution in [0.3, 0.4) is 0 Å². The Kier molecular flexibility index (Phi) is 7.98. The summed E-state index contributed by atoms with van der Waals surface area (Å²) in [7, 11) is 0. The van der Waals surface area contributed by atoms with Gasteiger partial charge in [-0.1, -0.05) is 6.92 Å². The first-order valence-electron chi connectivity index (χ1n) is 4.72. The van der Waals surface area contributed by atoms with Crippen LogP contribution in [0.1, 0.15) is 26.2 Å². The molecule has 0 spiro atoms. The highest BCUT2D eigenvalue weighted by Gasteiger charge is 2.11. The second kappa shape index (κ2) is 7.84. The van der Waals surface area contributed by atoms with Gasteiger partial charge in [0.05, 0.1) is 0 Å². The summed E-state index contributed by atoms with van der Waals surface area (Å²) in [4.78, 5) is 0. The Bertz CT molecular complexity index is 94.5. The summed E-state index contributed by atoms with van der Waals surface area (Å²) in [6, 6.07) is 0. The van der Waals surface area contributed by atoms with Crippen LogP contribution in [0.25, 0.3) is 0 Å². The Morgan fingerprint density at radius 1 is 1.33 bits per heavy atom. The maximum absolute atomic E-state index is 5.49. The molecule has 0 aromatic heterocycles. The third kappa shape index (κ3) is 4.96. The highest BCUT2D eigenvalue weighted by Crippen LogP contribution is 2.11. The maximum atomic E-state index is 5.49. The number of nitrogens with one attached hydrogen (secondary N) is 1. The van der Waals surface area contributed by atoms with Crippen LogP contribution in [-0.4, -0.2) is 26.3 Å². The Hall–Kier alpha value is 0.210. The van der Waals surface area contributed by atoms with E-state index >= 15 is 0 Å². The average Bonchev–Trinajstić information content (AvgIpc) is 2.07. The minimum Gasteiger partial charge on any atom is -0.381 e. The predicted octanol–water partition coefficient (Wildman–Crippen LogP) is 1.83. The minimum absolute atomic E-state index is 0. The molecular weight excluding hydrogens is 174 g/mol. The largest absolute Gasteiger partial charge is 0.381 e. The van der Waals surface area contributed by atoms with Gasteiger partial charge in [0.25, 0.3) is 0 Å². The molecule has 0 radical (unpaired) electrons. The number of ether oxygens (including phenoxy) is 1. The summed E-state index contributed by atoms with van der Waals surface area (Å²) < 4.78 is 5.49. The van der Waals surface area contributed by atoms with Crippen LogP contribution in [-0.2, 0) is 4.74 Å². The van der Waals surface area contributed by atoms with Gasteiger partial charge in [0, 0.05) is 13.2 Å². The van der Waals surface area contributed by atoms with Crippen LogP contribution in [0.5, 0.6) is 0 Å². The first kappa shape index (κ1) is 12.2. The molecule has 2 nitrogen and oxygen atoms in total. The molecule has 0 aliphatic carbocycles. The fourth-order valence-electron chi connectivity index (χ4n) is 1.44. The normalized spacial score (nSPS) is 18.8. The minimum atomic E-state index is 0. The van der Waals surface area contributed by atoms with Crippen LogP contribution in [0.2, 0.25) is 0 Å². The molecule has 1 aliphatic heterocycles. The molecule has 1 rings (SSSR count). The highest BCUT2D eigenvalue weighted by molar-refractivity contribution is 5.85. The number of hydrogen-bond acceptors (Lipinski definition) is 2. The van der Waals surface area contributed by atoms with E-state index in [0.717, 1.165) is 25.6 Å². The third-order valence-corrected chi connectivity index (χ3v) is 2.16. The highest BCUT2D eigenvalue weighted by atomic mass is 35.5. The van der Waals surface area contributed by atoms with Gasteiger partial charge in [-0.05, 0) is 38.3 Å². The molecule has 0 saturated carbocycles.